The molecular formula is C58H114O5. The minimum Gasteiger partial charge on any atom is -0.462 e. The molecule has 1 N–H and O–H groups in total. The Hall–Kier alpha value is -1.10. The Kier molecular flexibility index (Phi) is 54.3. The number of hydrogen-bond donors (Lipinski definition) is 1. The van der Waals surface area contributed by atoms with Gasteiger partial charge in [-0.15, -0.1) is 0 Å². The fourth-order valence-electron chi connectivity index (χ4n) is 9.27. The first-order valence-corrected chi connectivity index (χ1v) is 29.1. The molecule has 0 saturated carbocycles. The van der Waals surface area contributed by atoms with E-state index in [0.717, 1.165) is 32.1 Å². The van der Waals surface area contributed by atoms with Crippen LogP contribution < -0.4 is 0 Å². The molecule has 0 radical (unpaired) electrons. The molecule has 0 aliphatic carbocycles. The highest BCUT2D eigenvalue weighted by Crippen LogP contribution is 2.18. The number of carbonyl (C=O) groups excluding carboxylic acids is 2. The molecule has 0 heterocycles. The zero-order valence-corrected chi connectivity index (χ0v) is 43.1. The Morgan fingerprint density at radius 3 is 0.698 bits per heavy atom. The van der Waals surface area contributed by atoms with Crippen molar-refractivity contribution in [3.05, 3.63) is 0 Å². The Bertz CT molecular complexity index is 875. The standard InChI is InChI=1S/C58H114O5/c1-3-5-7-9-11-13-15-17-19-21-22-23-24-25-26-27-28-29-30-31-32-33-34-35-37-39-41-43-45-47-49-51-53-58(61)63-56(54-59)55-62-57(60)52-50-48-46-44-42-40-38-36-20-18-16-14-12-10-8-6-4-2/h56,59H,3-55H2,1-2H3. The van der Waals surface area contributed by atoms with E-state index < -0.39 is 6.10 Å². The molecule has 376 valence electrons. The Balaban J connectivity index is 3.36. The molecule has 5 nitrogen and oxygen atoms in total. The van der Waals surface area contributed by atoms with Crippen LogP contribution in [0.5, 0.6) is 0 Å². The maximum Gasteiger partial charge on any atom is 0.306 e. The monoisotopic (exact) mass is 891 g/mol. The van der Waals surface area contributed by atoms with Crippen molar-refractivity contribution >= 4 is 11.9 Å². The van der Waals surface area contributed by atoms with Crippen LogP contribution in [0, 0.1) is 0 Å². The largest absolute Gasteiger partial charge is 0.462 e. The number of carbonyl (C=O) groups is 2. The van der Waals surface area contributed by atoms with Gasteiger partial charge in [0, 0.05) is 12.8 Å². The second-order valence-electron chi connectivity index (χ2n) is 20.1. The van der Waals surface area contributed by atoms with Crippen LogP contribution in [0.25, 0.3) is 0 Å². The van der Waals surface area contributed by atoms with Crippen LogP contribution in [-0.2, 0) is 19.1 Å². The third kappa shape index (κ3) is 53.4. The predicted molar refractivity (Wildman–Crippen MR) is 275 cm³/mol. The van der Waals surface area contributed by atoms with E-state index in [1.54, 1.807) is 0 Å². The van der Waals surface area contributed by atoms with Crippen molar-refractivity contribution in [2.24, 2.45) is 0 Å². The summed E-state index contributed by atoms with van der Waals surface area (Å²) in [7, 11) is 0. The van der Waals surface area contributed by atoms with Crippen LogP contribution in [0.15, 0.2) is 0 Å². The highest BCUT2D eigenvalue weighted by atomic mass is 16.6. The van der Waals surface area contributed by atoms with Crippen LogP contribution in [0.3, 0.4) is 0 Å². The number of aliphatic hydroxyl groups is 1. The average Bonchev–Trinajstić information content (AvgIpc) is 3.29. The van der Waals surface area contributed by atoms with Gasteiger partial charge in [0.2, 0.25) is 0 Å². The van der Waals surface area contributed by atoms with E-state index in [4.69, 9.17) is 9.47 Å². The van der Waals surface area contributed by atoms with Crippen LogP contribution in [0.1, 0.15) is 341 Å². The van der Waals surface area contributed by atoms with Gasteiger partial charge in [-0.05, 0) is 12.8 Å². The summed E-state index contributed by atoms with van der Waals surface area (Å²) in [4.78, 5) is 24.5. The normalized spacial score (nSPS) is 12.0. The second kappa shape index (κ2) is 55.2. The molecule has 0 rings (SSSR count). The molecule has 0 spiro atoms. The molecule has 0 amide bonds. The van der Waals surface area contributed by atoms with Crippen molar-refractivity contribution in [3.8, 4) is 0 Å². The van der Waals surface area contributed by atoms with E-state index in [1.807, 2.05) is 0 Å². The third-order valence-electron chi connectivity index (χ3n) is 13.7. The Morgan fingerprint density at radius 2 is 0.492 bits per heavy atom. The number of ether oxygens (including phenoxy) is 2. The molecule has 5 heteroatoms. The first-order chi connectivity index (χ1) is 31.1. The molecule has 0 aromatic heterocycles. The summed E-state index contributed by atoms with van der Waals surface area (Å²) >= 11 is 0. The van der Waals surface area contributed by atoms with Gasteiger partial charge in [0.15, 0.2) is 6.10 Å². The summed E-state index contributed by atoms with van der Waals surface area (Å²) in [6, 6.07) is 0. The quantitative estimate of drug-likeness (QED) is 0.0486. The zero-order valence-electron chi connectivity index (χ0n) is 43.1. The van der Waals surface area contributed by atoms with Crippen molar-refractivity contribution in [2.45, 2.75) is 347 Å². The summed E-state index contributed by atoms with van der Waals surface area (Å²) in [6.45, 7) is 4.21. The van der Waals surface area contributed by atoms with E-state index in [-0.39, 0.29) is 25.2 Å². The van der Waals surface area contributed by atoms with Gasteiger partial charge in [0.05, 0.1) is 6.61 Å². The maximum atomic E-state index is 12.3. The smallest absolute Gasteiger partial charge is 0.306 e. The van der Waals surface area contributed by atoms with E-state index in [1.165, 1.54) is 283 Å². The van der Waals surface area contributed by atoms with Crippen LogP contribution in [0.4, 0.5) is 0 Å². The molecule has 0 fully saturated rings. The van der Waals surface area contributed by atoms with Gasteiger partial charge in [-0.3, -0.25) is 9.59 Å². The first-order valence-electron chi connectivity index (χ1n) is 29.1. The highest BCUT2D eigenvalue weighted by molar-refractivity contribution is 5.70. The maximum absolute atomic E-state index is 12.3. The lowest BCUT2D eigenvalue weighted by Crippen LogP contribution is -2.28. The van der Waals surface area contributed by atoms with Crippen molar-refractivity contribution < 1.29 is 24.2 Å². The van der Waals surface area contributed by atoms with Crippen molar-refractivity contribution in [1.29, 1.82) is 0 Å². The van der Waals surface area contributed by atoms with E-state index in [9.17, 15) is 14.7 Å². The predicted octanol–water partition coefficient (Wildman–Crippen LogP) is 19.4. The second-order valence-corrected chi connectivity index (χ2v) is 20.1. The minimum absolute atomic E-state index is 0.0559. The summed E-state index contributed by atoms with van der Waals surface area (Å²) in [5, 5.41) is 9.64. The number of hydrogen-bond acceptors (Lipinski definition) is 5. The fourth-order valence-corrected chi connectivity index (χ4v) is 9.27. The molecule has 0 aromatic rings. The number of aliphatic hydroxyl groups excluding tert-OH is 1. The third-order valence-corrected chi connectivity index (χ3v) is 13.7. The van der Waals surface area contributed by atoms with Crippen molar-refractivity contribution in [3.63, 3.8) is 0 Å². The number of unbranched alkanes of at least 4 members (excludes halogenated alkanes) is 47. The zero-order chi connectivity index (χ0) is 45.6. The Morgan fingerprint density at radius 1 is 0.302 bits per heavy atom. The van der Waals surface area contributed by atoms with Gasteiger partial charge >= 0.3 is 11.9 Å². The van der Waals surface area contributed by atoms with Crippen molar-refractivity contribution in [2.75, 3.05) is 13.2 Å². The summed E-state index contributed by atoms with van der Waals surface area (Å²) in [5.74, 6) is -0.564. The highest BCUT2D eigenvalue weighted by Gasteiger charge is 2.16. The van der Waals surface area contributed by atoms with Gasteiger partial charge in [-0.2, -0.15) is 0 Å². The number of rotatable bonds is 55. The van der Waals surface area contributed by atoms with E-state index >= 15 is 0 Å². The SMILES string of the molecule is CCCCCCCCCCCCCCCCCCCCCCCCCCCCCCCCCCC(=O)OC(CO)COC(=O)CCCCCCCCCCCCCCCCCCC. The molecule has 0 saturated heterocycles. The van der Waals surface area contributed by atoms with Gasteiger partial charge in [0.25, 0.3) is 0 Å². The summed E-state index contributed by atoms with van der Waals surface area (Å²) < 4.78 is 10.7. The van der Waals surface area contributed by atoms with Gasteiger partial charge in [-0.1, -0.05) is 316 Å². The molecular weight excluding hydrogens is 777 g/mol. The molecule has 0 bridgehead atoms. The summed E-state index contributed by atoms with van der Waals surface area (Å²) in [6.07, 6.45) is 66.7. The minimum atomic E-state index is -0.764. The van der Waals surface area contributed by atoms with Crippen molar-refractivity contribution in [1.82, 2.24) is 0 Å². The Labute approximate surface area is 395 Å². The van der Waals surface area contributed by atoms with Gasteiger partial charge in [0.1, 0.15) is 6.61 Å². The first kappa shape index (κ1) is 61.9. The average molecular weight is 892 g/mol. The molecule has 0 aromatic carbocycles. The molecule has 0 aliphatic rings. The fraction of sp³-hybridized carbons (Fsp3) is 0.966. The van der Waals surface area contributed by atoms with Crippen LogP contribution in [0.2, 0.25) is 0 Å². The lowest BCUT2D eigenvalue weighted by molar-refractivity contribution is -0.161. The summed E-state index contributed by atoms with van der Waals surface area (Å²) in [5.41, 5.74) is 0. The van der Waals surface area contributed by atoms with Gasteiger partial charge in [-0.25, -0.2) is 0 Å². The lowest BCUT2D eigenvalue weighted by Gasteiger charge is -2.15. The van der Waals surface area contributed by atoms with Crippen LogP contribution >= 0.6 is 0 Å². The molecule has 1 atom stereocenters. The topological polar surface area (TPSA) is 72.8 Å². The molecule has 63 heavy (non-hydrogen) atoms. The van der Waals surface area contributed by atoms with Gasteiger partial charge < -0.3 is 14.6 Å². The molecule has 0 aliphatic heterocycles. The van der Waals surface area contributed by atoms with E-state index in [2.05, 4.69) is 13.8 Å². The lowest BCUT2D eigenvalue weighted by atomic mass is 10.0. The number of esters is 2. The van der Waals surface area contributed by atoms with E-state index in [0.29, 0.717) is 12.8 Å². The van der Waals surface area contributed by atoms with Crippen LogP contribution in [-0.4, -0.2) is 36.4 Å². The molecule has 1 unspecified atom stereocenters.